The van der Waals surface area contributed by atoms with Gasteiger partial charge in [-0.25, -0.2) is 9.18 Å². The van der Waals surface area contributed by atoms with E-state index >= 15 is 0 Å². The number of hydrogen-bond donors (Lipinski definition) is 1. The Balaban J connectivity index is 1.96. The summed E-state index contributed by atoms with van der Waals surface area (Å²) in [5.74, 6) is 0. The van der Waals surface area contributed by atoms with Crippen molar-refractivity contribution in [3.8, 4) is 0 Å². The lowest BCUT2D eigenvalue weighted by molar-refractivity contribution is 0.0511. The van der Waals surface area contributed by atoms with Gasteiger partial charge in [0.15, 0.2) is 5.67 Å². The molecule has 0 heterocycles. The molecule has 2 atom stereocenters. The molecule has 2 rings (SSSR count). The SMILES string of the molecule is CC(C)(C)OC(=O)N[C@@H]1C[C@]1(F)c1ccc(Cl)cc1. The molecule has 1 aliphatic rings. The average Bonchev–Trinajstić information content (AvgIpc) is 2.88. The zero-order valence-corrected chi connectivity index (χ0v) is 11.9. The highest BCUT2D eigenvalue weighted by Crippen LogP contribution is 2.50. The first-order chi connectivity index (χ1) is 8.71. The maximum Gasteiger partial charge on any atom is 0.407 e. The van der Waals surface area contributed by atoms with E-state index < -0.39 is 23.4 Å². The van der Waals surface area contributed by atoms with Crippen molar-refractivity contribution in [3.05, 3.63) is 34.9 Å². The van der Waals surface area contributed by atoms with Crippen LogP contribution in [0.15, 0.2) is 24.3 Å². The molecule has 0 aromatic heterocycles. The summed E-state index contributed by atoms with van der Waals surface area (Å²) in [5.41, 5.74) is -1.57. The van der Waals surface area contributed by atoms with E-state index in [1.165, 1.54) is 0 Å². The average molecular weight is 286 g/mol. The van der Waals surface area contributed by atoms with Crippen LogP contribution in [0.3, 0.4) is 0 Å². The number of alkyl halides is 1. The van der Waals surface area contributed by atoms with Crippen molar-refractivity contribution >= 4 is 17.7 Å². The molecule has 0 bridgehead atoms. The van der Waals surface area contributed by atoms with Gasteiger partial charge in [0.1, 0.15) is 5.60 Å². The fraction of sp³-hybridized carbons (Fsp3) is 0.500. The summed E-state index contributed by atoms with van der Waals surface area (Å²) in [6, 6.07) is 6.02. The van der Waals surface area contributed by atoms with E-state index in [1.807, 2.05) is 0 Å². The second-order valence-electron chi connectivity index (χ2n) is 5.77. The third-order valence-corrected chi connectivity index (χ3v) is 3.16. The molecule has 0 aliphatic heterocycles. The first-order valence-electron chi connectivity index (χ1n) is 6.15. The smallest absolute Gasteiger partial charge is 0.407 e. The van der Waals surface area contributed by atoms with Crippen molar-refractivity contribution in [2.75, 3.05) is 0 Å². The van der Waals surface area contributed by atoms with Crippen LogP contribution in [0.5, 0.6) is 0 Å². The first kappa shape index (κ1) is 14.1. The number of halogens is 2. The van der Waals surface area contributed by atoms with Crippen LogP contribution in [-0.4, -0.2) is 17.7 Å². The lowest BCUT2D eigenvalue weighted by Crippen LogP contribution is -2.35. The van der Waals surface area contributed by atoms with Gasteiger partial charge >= 0.3 is 6.09 Å². The Hall–Kier alpha value is -1.29. The van der Waals surface area contributed by atoms with Gasteiger partial charge < -0.3 is 10.1 Å². The van der Waals surface area contributed by atoms with Gasteiger partial charge in [0, 0.05) is 11.4 Å². The lowest BCUT2D eigenvalue weighted by Gasteiger charge is -2.20. The van der Waals surface area contributed by atoms with Gasteiger partial charge in [-0.1, -0.05) is 23.7 Å². The minimum absolute atomic E-state index is 0.258. The van der Waals surface area contributed by atoms with Crippen molar-refractivity contribution in [3.63, 3.8) is 0 Å². The second kappa shape index (κ2) is 4.67. The van der Waals surface area contributed by atoms with Crippen LogP contribution < -0.4 is 5.32 Å². The molecule has 19 heavy (non-hydrogen) atoms. The number of ether oxygens (including phenoxy) is 1. The number of amides is 1. The summed E-state index contributed by atoms with van der Waals surface area (Å²) in [6.07, 6.45) is -0.334. The quantitative estimate of drug-likeness (QED) is 0.897. The molecule has 0 saturated heterocycles. The van der Waals surface area contributed by atoms with E-state index in [4.69, 9.17) is 16.3 Å². The minimum atomic E-state index is -1.51. The fourth-order valence-electron chi connectivity index (χ4n) is 1.90. The maximum absolute atomic E-state index is 14.5. The van der Waals surface area contributed by atoms with Crippen molar-refractivity contribution in [2.24, 2.45) is 0 Å². The molecule has 5 heteroatoms. The largest absolute Gasteiger partial charge is 0.444 e. The fourth-order valence-corrected chi connectivity index (χ4v) is 2.03. The molecule has 104 valence electrons. The molecule has 0 unspecified atom stereocenters. The van der Waals surface area contributed by atoms with E-state index in [2.05, 4.69) is 5.32 Å². The highest BCUT2D eigenvalue weighted by atomic mass is 35.5. The highest BCUT2D eigenvalue weighted by molar-refractivity contribution is 6.30. The summed E-state index contributed by atoms with van der Waals surface area (Å²) < 4.78 is 19.6. The van der Waals surface area contributed by atoms with E-state index in [-0.39, 0.29) is 6.42 Å². The number of carbonyl (C=O) groups excluding carboxylic acids is 1. The molecule has 3 nitrogen and oxygen atoms in total. The Morgan fingerprint density at radius 3 is 2.53 bits per heavy atom. The van der Waals surface area contributed by atoms with Crippen molar-refractivity contribution in [1.29, 1.82) is 0 Å². The van der Waals surface area contributed by atoms with E-state index in [0.717, 1.165) is 0 Å². The Bertz CT molecular complexity index is 483. The standard InChI is InChI=1S/C14H17ClFNO2/c1-13(2,3)19-12(18)17-11-8-14(11,16)9-4-6-10(15)7-5-9/h4-7,11H,8H2,1-3H3,(H,17,18)/t11-,14+/m1/s1. The molecule has 0 radical (unpaired) electrons. The number of benzene rings is 1. The number of carbonyl (C=O) groups is 1. The topological polar surface area (TPSA) is 38.3 Å². The lowest BCUT2D eigenvalue weighted by atomic mass is 10.1. The normalized spacial score (nSPS) is 25.8. The molecule has 1 N–H and O–H groups in total. The summed E-state index contributed by atoms with van der Waals surface area (Å²) in [7, 11) is 0. The van der Waals surface area contributed by atoms with Gasteiger partial charge in [-0.2, -0.15) is 0 Å². The van der Waals surface area contributed by atoms with E-state index in [1.54, 1.807) is 45.0 Å². The Labute approximate surface area is 117 Å². The number of hydrogen-bond acceptors (Lipinski definition) is 2. The third-order valence-electron chi connectivity index (χ3n) is 2.91. The third kappa shape index (κ3) is 3.38. The molecule has 1 amide bonds. The van der Waals surface area contributed by atoms with Crippen molar-refractivity contribution in [2.45, 2.75) is 44.5 Å². The van der Waals surface area contributed by atoms with E-state index in [9.17, 15) is 9.18 Å². The zero-order valence-electron chi connectivity index (χ0n) is 11.2. The number of rotatable bonds is 2. The van der Waals surface area contributed by atoms with Crippen molar-refractivity contribution < 1.29 is 13.9 Å². The van der Waals surface area contributed by atoms with Crippen LogP contribution in [-0.2, 0) is 10.4 Å². The van der Waals surface area contributed by atoms with Gasteiger partial charge in [-0.3, -0.25) is 0 Å². The van der Waals surface area contributed by atoms with Gasteiger partial charge in [0.2, 0.25) is 0 Å². The predicted molar refractivity (Wildman–Crippen MR) is 72.0 cm³/mol. The Morgan fingerprint density at radius 2 is 2.00 bits per heavy atom. The second-order valence-corrected chi connectivity index (χ2v) is 6.21. The van der Waals surface area contributed by atoms with Crippen LogP contribution >= 0.6 is 11.6 Å². The van der Waals surface area contributed by atoms with Crippen LogP contribution in [0, 0.1) is 0 Å². The summed E-state index contributed by atoms with van der Waals surface area (Å²) in [5, 5.41) is 3.10. The predicted octanol–water partition coefficient (Wildman–Crippen LogP) is 3.80. The van der Waals surface area contributed by atoms with E-state index in [0.29, 0.717) is 10.6 Å². The van der Waals surface area contributed by atoms with Crippen molar-refractivity contribution in [1.82, 2.24) is 5.32 Å². The van der Waals surface area contributed by atoms with Gasteiger partial charge in [0.05, 0.1) is 6.04 Å². The summed E-state index contributed by atoms with van der Waals surface area (Å²) >= 11 is 5.76. The van der Waals surface area contributed by atoms with Gasteiger partial charge in [-0.05, 0) is 38.5 Å². The van der Waals surface area contributed by atoms with Gasteiger partial charge in [-0.15, -0.1) is 0 Å². The highest BCUT2D eigenvalue weighted by Gasteiger charge is 2.58. The Morgan fingerprint density at radius 1 is 1.42 bits per heavy atom. The molecule has 0 spiro atoms. The number of alkyl carbamates (subject to hydrolysis) is 1. The van der Waals surface area contributed by atoms with Gasteiger partial charge in [0.25, 0.3) is 0 Å². The zero-order chi connectivity index (χ0) is 14.3. The molecule has 1 aliphatic carbocycles. The van der Waals surface area contributed by atoms with Crippen LogP contribution in [0.25, 0.3) is 0 Å². The maximum atomic E-state index is 14.5. The summed E-state index contributed by atoms with van der Waals surface area (Å²) in [6.45, 7) is 5.30. The molecule has 1 saturated carbocycles. The summed E-state index contributed by atoms with van der Waals surface area (Å²) in [4.78, 5) is 11.6. The monoisotopic (exact) mass is 285 g/mol. The minimum Gasteiger partial charge on any atom is -0.444 e. The molecular weight excluding hydrogens is 269 g/mol. The van der Waals surface area contributed by atoms with Crippen LogP contribution in [0.4, 0.5) is 9.18 Å². The number of nitrogens with one attached hydrogen (secondary N) is 1. The molecule has 1 fully saturated rings. The van der Waals surface area contributed by atoms with Crippen LogP contribution in [0.1, 0.15) is 32.8 Å². The molecule has 1 aromatic carbocycles. The first-order valence-corrected chi connectivity index (χ1v) is 6.53. The molecule has 1 aromatic rings. The van der Waals surface area contributed by atoms with Crippen LogP contribution in [0.2, 0.25) is 5.02 Å². The Kier molecular flexibility index (Phi) is 3.47. The molecular formula is C14H17ClFNO2.